The number of anilines is 2. The van der Waals surface area contributed by atoms with Gasteiger partial charge in [0.1, 0.15) is 4.88 Å². The lowest BCUT2D eigenvalue weighted by Gasteiger charge is -2.09. The summed E-state index contributed by atoms with van der Waals surface area (Å²) in [7, 11) is 3.54. The second-order valence-electron chi connectivity index (χ2n) is 6.17. The van der Waals surface area contributed by atoms with Gasteiger partial charge in [-0.2, -0.15) is 0 Å². The average molecular weight is 295 g/mol. The number of thiophene rings is 1. The minimum atomic E-state index is 0.00584. The summed E-state index contributed by atoms with van der Waals surface area (Å²) in [5.41, 5.74) is 8.12. The summed E-state index contributed by atoms with van der Waals surface area (Å²) in [5.74, 6) is 1.23. The molecule has 0 bridgehead atoms. The molecule has 20 heavy (non-hydrogen) atoms. The van der Waals surface area contributed by atoms with Crippen LogP contribution < -0.4 is 11.1 Å². The van der Waals surface area contributed by atoms with Crippen molar-refractivity contribution in [2.45, 2.75) is 39.0 Å². The maximum absolute atomic E-state index is 12.2. The zero-order valence-electron chi connectivity index (χ0n) is 12.8. The molecule has 112 valence electrons. The molecule has 0 unspecified atom stereocenters. The monoisotopic (exact) mass is 295 g/mol. The third-order valence-electron chi connectivity index (χ3n) is 3.58. The second-order valence-corrected chi connectivity index (χ2v) is 7.19. The Morgan fingerprint density at radius 1 is 1.45 bits per heavy atom. The highest BCUT2D eigenvalue weighted by Crippen LogP contribution is 2.50. The number of nitrogens with one attached hydrogen (secondary N) is 1. The van der Waals surface area contributed by atoms with Crippen molar-refractivity contribution in [2.24, 2.45) is 5.92 Å². The SMILES string of the molecule is CC(C)CCNc1sc(C(=O)N(C)C)c(N)c1C1CC1. The van der Waals surface area contributed by atoms with E-state index < -0.39 is 0 Å². The molecule has 0 spiro atoms. The molecule has 1 fully saturated rings. The minimum absolute atomic E-state index is 0.00584. The summed E-state index contributed by atoms with van der Waals surface area (Å²) in [6.45, 7) is 5.37. The van der Waals surface area contributed by atoms with Gasteiger partial charge in [-0.3, -0.25) is 4.79 Å². The van der Waals surface area contributed by atoms with E-state index in [0.717, 1.165) is 18.0 Å². The van der Waals surface area contributed by atoms with Gasteiger partial charge in [-0.15, -0.1) is 11.3 Å². The Morgan fingerprint density at radius 2 is 2.10 bits per heavy atom. The quantitative estimate of drug-likeness (QED) is 0.846. The van der Waals surface area contributed by atoms with E-state index in [9.17, 15) is 4.79 Å². The molecule has 1 aliphatic rings. The van der Waals surface area contributed by atoms with Gasteiger partial charge in [0, 0.05) is 26.2 Å². The standard InChI is InChI=1S/C15H25N3OS/c1-9(2)7-8-17-14-11(10-5-6-10)12(16)13(20-14)15(19)18(3)4/h9-10,17H,5-8,16H2,1-4H3. The van der Waals surface area contributed by atoms with Gasteiger partial charge in [0.05, 0.1) is 10.7 Å². The summed E-state index contributed by atoms with van der Waals surface area (Å²) in [6, 6.07) is 0. The fraction of sp³-hybridized carbons (Fsp3) is 0.667. The molecule has 3 N–H and O–H groups in total. The zero-order chi connectivity index (χ0) is 14.9. The highest BCUT2D eigenvalue weighted by atomic mass is 32.1. The molecule has 1 heterocycles. The van der Waals surface area contributed by atoms with Crippen molar-refractivity contribution >= 4 is 27.9 Å². The Labute approximate surface area is 125 Å². The molecule has 0 aromatic carbocycles. The van der Waals surface area contributed by atoms with Crippen LogP contribution in [0.3, 0.4) is 0 Å². The van der Waals surface area contributed by atoms with Gasteiger partial charge in [-0.1, -0.05) is 13.8 Å². The van der Waals surface area contributed by atoms with E-state index in [-0.39, 0.29) is 5.91 Å². The third-order valence-corrected chi connectivity index (χ3v) is 4.74. The van der Waals surface area contributed by atoms with E-state index in [1.54, 1.807) is 19.0 Å². The molecule has 5 heteroatoms. The number of amides is 1. The first-order chi connectivity index (χ1) is 9.41. The Bertz CT molecular complexity index is 490. The van der Waals surface area contributed by atoms with Crippen LogP contribution in [0.25, 0.3) is 0 Å². The van der Waals surface area contributed by atoms with Crippen molar-refractivity contribution in [2.75, 3.05) is 31.7 Å². The van der Waals surface area contributed by atoms with E-state index in [0.29, 0.717) is 22.4 Å². The number of carbonyl (C=O) groups is 1. The van der Waals surface area contributed by atoms with Crippen LogP contribution in [0.2, 0.25) is 0 Å². The first kappa shape index (κ1) is 15.2. The number of nitrogens with two attached hydrogens (primary N) is 1. The average Bonchev–Trinajstić information content (AvgIpc) is 3.13. The molecule has 1 amide bonds. The van der Waals surface area contributed by atoms with Crippen LogP contribution in [0.15, 0.2) is 0 Å². The zero-order valence-corrected chi connectivity index (χ0v) is 13.6. The van der Waals surface area contributed by atoms with E-state index in [4.69, 9.17) is 5.73 Å². The number of nitrogens with zero attached hydrogens (tertiary/aromatic N) is 1. The highest BCUT2D eigenvalue weighted by Gasteiger charge is 2.33. The number of hydrogen-bond donors (Lipinski definition) is 2. The highest BCUT2D eigenvalue weighted by molar-refractivity contribution is 7.18. The maximum atomic E-state index is 12.2. The van der Waals surface area contributed by atoms with E-state index in [1.165, 1.54) is 29.7 Å². The lowest BCUT2D eigenvalue weighted by molar-refractivity contribution is 0.0833. The van der Waals surface area contributed by atoms with Gasteiger partial charge in [0.15, 0.2) is 0 Å². The second kappa shape index (κ2) is 6.04. The molecule has 4 nitrogen and oxygen atoms in total. The van der Waals surface area contributed by atoms with Gasteiger partial charge in [-0.05, 0) is 31.1 Å². The first-order valence-corrected chi connectivity index (χ1v) is 8.11. The predicted octanol–water partition coefficient (Wildman–Crippen LogP) is 3.37. The number of nitrogen functional groups attached to an aromatic ring is 1. The van der Waals surface area contributed by atoms with Gasteiger partial charge in [0.25, 0.3) is 5.91 Å². The smallest absolute Gasteiger partial charge is 0.265 e. The minimum Gasteiger partial charge on any atom is -0.397 e. The molecule has 1 aromatic heterocycles. The van der Waals surface area contributed by atoms with Gasteiger partial charge in [0.2, 0.25) is 0 Å². The molecular weight excluding hydrogens is 270 g/mol. The molecule has 0 radical (unpaired) electrons. The van der Waals surface area contributed by atoms with Crippen LogP contribution in [0.1, 0.15) is 54.3 Å². The fourth-order valence-corrected chi connectivity index (χ4v) is 3.46. The van der Waals surface area contributed by atoms with E-state index in [1.807, 2.05) is 0 Å². The van der Waals surface area contributed by atoms with Crippen molar-refractivity contribution in [3.8, 4) is 0 Å². The molecule has 0 atom stereocenters. The van der Waals surface area contributed by atoms with Crippen LogP contribution >= 0.6 is 11.3 Å². The van der Waals surface area contributed by atoms with Crippen LogP contribution in [-0.4, -0.2) is 31.4 Å². The van der Waals surface area contributed by atoms with Gasteiger partial charge >= 0.3 is 0 Å². The lowest BCUT2D eigenvalue weighted by atomic mass is 10.1. The van der Waals surface area contributed by atoms with Crippen molar-refractivity contribution < 1.29 is 4.79 Å². The molecule has 1 aliphatic carbocycles. The topological polar surface area (TPSA) is 58.4 Å². The number of hydrogen-bond acceptors (Lipinski definition) is 4. The number of rotatable bonds is 6. The Morgan fingerprint density at radius 3 is 2.60 bits per heavy atom. The van der Waals surface area contributed by atoms with E-state index in [2.05, 4.69) is 19.2 Å². The summed E-state index contributed by atoms with van der Waals surface area (Å²) in [5, 5.41) is 4.60. The Hall–Kier alpha value is -1.23. The van der Waals surface area contributed by atoms with Crippen molar-refractivity contribution in [1.29, 1.82) is 0 Å². The predicted molar refractivity (Wildman–Crippen MR) is 86.7 cm³/mol. The summed E-state index contributed by atoms with van der Waals surface area (Å²) >= 11 is 1.52. The lowest BCUT2D eigenvalue weighted by Crippen LogP contribution is -2.21. The summed E-state index contributed by atoms with van der Waals surface area (Å²) in [6.07, 6.45) is 3.50. The fourth-order valence-electron chi connectivity index (χ4n) is 2.20. The van der Waals surface area contributed by atoms with Crippen LogP contribution in [0.4, 0.5) is 10.7 Å². The van der Waals surface area contributed by atoms with Crippen molar-refractivity contribution in [1.82, 2.24) is 4.90 Å². The Balaban J connectivity index is 2.21. The Kier molecular flexibility index (Phi) is 4.58. The maximum Gasteiger partial charge on any atom is 0.265 e. The third kappa shape index (κ3) is 3.26. The molecule has 0 saturated heterocycles. The summed E-state index contributed by atoms with van der Waals surface area (Å²) in [4.78, 5) is 14.5. The van der Waals surface area contributed by atoms with E-state index >= 15 is 0 Å². The molecule has 1 aromatic rings. The number of carbonyl (C=O) groups excluding carboxylic acids is 1. The molecule has 2 rings (SSSR count). The molecular formula is C15H25N3OS. The van der Waals surface area contributed by atoms with Gasteiger partial charge in [-0.25, -0.2) is 0 Å². The largest absolute Gasteiger partial charge is 0.397 e. The van der Waals surface area contributed by atoms with Crippen LogP contribution in [0, 0.1) is 5.92 Å². The van der Waals surface area contributed by atoms with Crippen molar-refractivity contribution in [3.63, 3.8) is 0 Å². The van der Waals surface area contributed by atoms with Crippen LogP contribution in [0.5, 0.6) is 0 Å². The molecule has 1 saturated carbocycles. The van der Waals surface area contributed by atoms with Crippen molar-refractivity contribution in [3.05, 3.63) is 10.4 Å². The molecule has 0 aliphatic heterocycles. The van der Waals surface area contributed by atoms with Crippen LogP contribution in [-0.2, 0) is 0 Å². The van der Waals surface area contributed by atoms with Gasteiger partial charge < -0.3 is 16.0 Å². The summed E-state index contributed by atoms with van der Waals surface area (Å²) < 4.78 is 0. The first-order valence-electron chi connectivity index (χ1n) is 7.29. The normalized spacial score (nSPS) is 14.7.